The molecule has 8 nitrogen and oxygen atoms in total. The smallest absolute Gasteiger partial charge is 0.329 e. The van der Waals surface area contributed by atoms with E-state index in [0.717, 1.165) is 35.1 Å². The Morgan fingerprint density at radius 2 is 1.69 bits per heavy atom. The zero-order chi connectivity index (χ0) is 25.4. The number of aromatic nitrogens is 4. The summed E-state index contributed by atoms with van der Waals surface area (Å²) in [5.41, 5.74) is 3.80. The predicted octanol–water partition coefficient (Wildman–Crippen LogP) is 5.03. The van der Waals surface area contributed by atoms with E-state index < -0.39 is 6.04 Å². The second kappa shape index (κ2) is 12.2. The summed E-state index contributed by atoms with van der Waals surface area (Å²) in [6, 6.07) is 15.2. The van der Waals surface area contributed by atoms with Gasteiger partial charge in [-0.15, -0.1) is 10.2 Å². The summed E-state index contributed by atoms with van der Waals surface area (Å²) >= 11 is 0. The Labute approximate surface area is 207 Å². The number of hydrogen-bond acceptors (Lipinski definition) is 6. The van der Waals surface area contributed by atoms with Crippen molar-refractivity contribution in [2.24, 2.45) is 5.92 Å². The third-order valence-electron chi connectivity index (χ3n) is 5.76. The van der Waals surface area contributed by atoms with Gasteiger partial charge in [-0.25, -0.2) is 4.79 Å². The minimum atomic E-state index is -0.639. The zero-order valence-electron chi connectivity index (χ0n) is 21.2. The molecule has 0 saturated heterocycles. The fourth-order valence-electron chi connectivity index (χ4n) is 4.07. The third kappa shape index (κ3) is 6.74. The molecule has 35 heavy (non-hydrogen) atoms. The van der Waals surface area contributed by atoms with Crippen LogP contribution >= 0.6 is 0 Å². The predicted molar refractivity (Wildman–Crippen MR) is 135 cm³/mol. The Kier molecular flexibility index (Phi) is 9.11. The van der Waals surface area contributed by atoms with Gasteiger partial charge in [0.15, 0.2) is 0 Å². The van der Waals surface area contributed by atoms with Crippen molar-refractivity contribution in [2.75, 3.05) is 0 Å². The first kappa shape index (κ1) is 26.1. The van der Waals surface area contributed by atoms with Crippen molar-refractivity contribution in [3.63, 3.8) is 0 Å². The van der Waals surface area contributed by atoms with Gasteiger partial charge in [-0.1, -0.05) is 75.7 Å². The number of esters is 1. The molecule has 8 heteroatoms. The third-order valence-corrected chi connectivity index (χ3v) is 5.76. The number of nitrogens with one attached hydrogen (secondary N) is 1. The lowest BCUT2D eigenvalue weighted by atomic mass is 9.97. The van der Waals surface area contributed by atoms with Crippen LogP contribution in [0.1, 0.15) is 59.4 Å². The fourth-order valence-corrected chi connectivity index (χ4v) is 4.07. The first-order valence-electron chi connectivity index (χ1n) is 12.2. The summed E-state index contributed by atoms with van der Waals surface area (Å²) in [6.45, 7) is 9.93. The van der Waals surface area contributed by atoms with Crippen molar-refractivity contribution in [3.05, 3.63) is 54.1 Å². The topological polar surface area (TPSA) is 101 Å². The van der Waals surface area contributed by atoms with Gasteiger partial charge in [-0.3, -0.25) is 4.79 Å². The molecule has 3 aromatic rings. The number of hydrogen-bond donors (Lipinski definition) is 1. The van der Waals surface area contributed by atoms with Gasteiger partial charge in [-0.2, -0.15) is 5.21 Å². The van der Waals surface area contributed by atoms with E-state index in [1.54, 1.807) is 4.90 Å². The number of nitrogens with zero attached hydrogens (tertiary/aromatic N) is 4. The molecule has 0 fully saturated rings. The zero-order valence-corrected chi connectivity index (χ0v) is 21.2. The lowest BCUT2D eigenvalue weighted by Crippen LogP contribution is -2.48. The average Bonchev–Trinajstić information content (AvgIpc) is 3.37. The van der Waals surface area contributed by atoms with E-state index in [-0.39, 0.29) is 23.9 Å². The molecule has 3 rings (SSSR count). The summed E-state index contributed by atoms with van der Waals surface area (Å²) in [4.78, 5) is 27.8. The summed E-state index contributed by atoms with van der Waals surface area (Å²) < 4.78 is 5.52. The lowest BCUT2D eigenvalue weighted by Gasteiger charge is -2.33. The fraction of sp³-hybridized carbons (Fsp3) is 0.444. The van der Waals surface area contributed by atoms with Crippen LogP contribution in [0.15, 0.2) is 48.5 Å². The second-order valence-electron chi connectivity index (χ2n) is 9.28. The quantitative estimate of drug-likeness (QED) is 0.389. The standard InChI is InChI=1S/C27H35N5O3/c1-6-7-12-24(33)32(25(18(2)3)27(34)35-19(4)5)17-20-13-15-21(16-14-20)22-10-8-9-11-23(22)26-28-30-31-29-26/h8-11,13-16,18-19,25H,6-7,12,17H2,1-5H3,(H,28,29,30,31)/t25-/m1/s1. The normalized spacial score (nSPS) is 12.1. The van der Waals surface area contributed by atoms with Crippen LogP contribution in [0, 0.1) is 5.92 Å². The van der Waals surface area contributed by atoms with Gasteiger partial charge >= 0.3 is 5.97 Å². The molecule has 0 aliphatic heterocycles. The maximum absolute atomic E-state index is 13.2. The summed E-state index contributed by atoms with van der Waals surface area (Å²) in [5, 5.41) is 14.4. The Bertz CT molecular complexity index is 1090. The van der Waals surface area contributed by atoms with E-state index >= 15 is 0 Å². The molecule has 2 aromatic carbocycles. The van der Waals surface area contributed by atoms with E-state index in [2.05, 4.69) is 27.5 Å². The van der Waals surface area contributed by atoms with E-state index in [1.807, 2.05) is 76.2 Å². The Balaban J connectivity index is 1.88. The number of benzene rings is 2. The van der Waals surface area contributed by atoms with Crippen LogP contribution in [0.3, 0.4) is 0 Å². The van der Waals surface area contributed by atoms with E-state index in [9.17, 15) is 9.59 Å². The first-order chi connectivity index (χ1) is 16.8. The molecule has 1 amide bonds. The van der Waals surface area contributed by atoms with E-state index in [4.69, 9.17) is 4.74 Å². The molecule has 1 atom stereocenters. The Morgan fingerprint density at radius 1 is 1.00 bits per heavy atom. The summed E-state index contributed by atoms with van der Waals surface area (Å²) in [6.07, 6.45) is 1.86. The highest BCUT2D eigenvalue weighted by Crippen LogP contribution is 2.30. The van der Waals surface area contributed by atoms with Crippen molar-refractivity contribution in [2.45, 2.75) is 72.6 Å². The van der Waals surface area contributed by atoms with Crippen LogP contribution in [0.4, 0.5) is 0 Å². The lowest BCUT2D eigenvalue weighted by molar-refractivity contribution is -0.161. The molecule has 0 unspecified atom stereocenters. The van der Waals surface area contributed by atoms with Crippen LogP contribution in [0.25, 0.3) is 22.5 Å². The van der Waals surface area contributed by atoms with Crippen molar-refractivity contribution < 1.29 is 14.3 Å². The van der Waals surface area contributed by atoms with Crippen LogP contribution < -0.4 is 0 Å². The molecule has 0 spiro atoms. The second-order valence-corrected chi connectivity index (χ2v) is 9.28. The van der Waals surface area contributed by atoms with Gasteiger partial charge in [0.25, 0.3) is 0 Å². The number of unbranched alkanes of at least 4 members (excludes halogenated alkanes) is 1. The number of carbonyl (C=O) groups is 2. The number of aromatic amines is 1. The molecule has 1 heterocycles. The van der Waals surface area contributed by atoms with Gasteiger partial charge in [0, 0.05) is 18.5 Å². The SMILES string of the molecule is CCCCC(=O)N(Cc1ccc(-c2ccccc2-c2nn[nH]n2)cc1)[C@@H](C(=O)OC(C)C)C(C)C. The van der Waals surface area contributed by atoms with Crippen molar-refractivity contribution in [3.8, 4) is 22.5 Å². The number of rotatable bonds is 11. The van der Waals surface area contributed by atoms with Gasteiger partial charge in [0.05, 0.1) is 6.10 Å². The highest BCUT2D eigenvalue weighted by molar-refractivity contribution is 5.85. The maximum Gasteiger partial charge on any atom is 0.329 e. The molecular weight excluding hydrogens is 442 g/mol. The monoisotopic (exact) mass is 477 g/mol. The maximum atomic E-state index is 13.2. The molecule has 1 aromatic heterocycles. The first-order valence-corrected chi connectivity index (χ1v) is 12.2. The minimum Gasteiger partial charge on any atom is -0.461 e. The van der Waals surface area contributed by atoms with E-state index in [1.165, 1.54) is 0 Å². The molecule has 0 saturated carbocycles. The van der Waals surface area contributed by atoms with Crippen molar-refractivity contribution in [1.29, 1.82) is 0 Å². The summed E-state index contributed by atoms with van der Waals surface area (Å²) in [7, 11) is 0. The van der Waals surface area contributed by atoms with Crippen molar-refractivity contribution in [1.82, 2.24) is 25.5 Å². The molecule has 0 aliphatic carbocycles. The highest BCUT2D eigenvalue weighted by atomic mass is 16.5. The van der Waals surface area contributed by atoms with Gasteiger partial charge in [0.1, 0.15) is 6.04 Å². The van der Waals surface area contributed by atoms with Crippen LogP contribution in [-0.4, -0.2) is 49.5 Å². The van der Waals surface area contributed by atoms with Gasteiger partial charge in [0.2, 0.25) is 11.7 Å². The number of tetrazole rings is 1. The molecule has 0 bridgehead atoms. The Morgan fingerprint density at radius 3 is 2.26 bits per heavy atom. The molecule has 1 N–H and O–H groups in total. The number of ether oxygens (including phenoxy) is 1. The molecule has 186 valence electrons. The van der Waals surface area contributed by atoms with Crippen LogP contribution in [0.5, 0.6) is 0 Å². The molecular formula is C27H35N5O3. The van der Waals surface area contributed by atoms with Gasteiger partial charge in [-0.05, 0) is 48.1 Å². The number of carbonyl (C=O) groups excluding carboxylic acids is 2. The van der Waals surface area contributed by atoms with Crippen LogP contribution in [0.2, 0.25) is 0 Å². The van der Waals surface area contributed by atoms with Crippen LogP contribution in [-0.2, 0) is 20.9 Å². The molecule has 0 radical (unpaired) electrons. The van der Waals surface area contributed by atoms with Gasteiger partial charge < -0.3 is 9.64 Å². The number of amides is 1. The largest absolute Gasteiger partial charge is 0.461 e. The van der Waals surface area contributed by atoms with Crippen molar-refractivity contribution >= 4 is 11.9 Å². The van der Waals surface area contributed by atoms with E-state index in [0.29, 0.717) is 18.8 Å². The average molecular weight is 478 g/mol. The molecule has 0 aliphatic rings. The Hall–Kier alpha value is -3.55. The highest BCUT2D eigenvalue weighted by Gasteiger charge is 2.34. The summed E-state index contributed by atoms with van der Waals surface area (Å²) in [5.74, 6) is 0.0667. The minimum absolute atomic E-state index is 0.0298. The number of H-pyrrole nitrogens is 1.